The summed E-state index contributed by atoms with van der Waals surface area (Å²) < 4.78 is 33.9. The van der Waals surface area contributed by atoms with E-state index in [0.29, 0.717) is 28.0 Å². The number of Topliss-reactive ketones (excluding diaryl/α,β-unsaturated/α-hetero) is 1. The minimum atomic E-state index is -2.74. The molecular weight excluding hydrogens is 388 g/mol. The molecule has 2 heterocycles. The van der Waals surface area contributed by atoms with E-state index in [1.165, 1.54) is 11.7 Å². The Balaban J connectivity index is 1.67. The maximum absolute atomic E-state index is 13.6. The standard InChI is InChI=1S/C23H19F2N3O2/c1-14-9-10-26-13-18(14)21(29)11-15-3-5-16(6-4-15)28-20-8-7-17(30-2)12-19(20)27-23(28)22(24)25/h3-10,12-13,22H,11H2,1-2H3. The first-order valence-corrected chi connectivity index (χ1v) is 9.35. The molecule has 0 aliphatic heterocycles. The molecule has 4 rings (SSSR count). The highest BCUT2D eigenvalue weighted by atomic mass is 19.3. The Kier molecular flexibility index (Phi) is 5.27. The van der Waals surface area contributed by atoms with Crippen LogP contribution in [0.5, 0.6) is 5.75 Å². The van der Waals surface area contributed by atoms with Crippen molar-refractivity contribution in [3.8, 4) is 11.4 Å². The number of aryl methyl sites for hydroxylation is 1. The lowest BCUT2D eigenvalue weighted by molar-refractivity contribution is 0.0992. The number of carbonyl (C=O) groups excluding carboxylic acids is 1. The number of fused-ring (bicyclic) bond motifs is 1. The topological polar surface area (TPSA) is 57.0 Å². The summed E-state index contributed by atoms with van der Waals surface area (Å²) in [5.41, 5.74) is 3.77. The van der Waals surface area contributed by atoms with Gasteiger partial charge in [0.05, 0.1) is 18.1 Å². The Bertz CT molecular complexity index is 1220. The van der Waals surface area contributed by atoms with Crippen LogP contribution in [0.4, 0.5) is 8.78 Å². The fraction of sp³-hybridized carbons (Fsp3) is 0.174. The number of pyridine rings is 1. The number of benzene rings is 2. The molecule has 0 aliphatic rings. The molecule has 0 fully saturated rings. The molecule has 7 heteroatoms. The second kappa shape index (κ2) is 8.02. The number of rotatable bonds is 6. The van der Waals surface area contributed by atoms with Crippen LogP contribution in [0.3, 0.4) is 0 Å². The Morgan fingerprint density at radius 1 is 1.13 bits per heavy atom. The average Bonchev–Trinajstić information content (AvgIpc) is 3.13. The first kappa shape index (κ1) is 19.7. The van der Waals surface area contributed by atoms with Crippen LogP contribution in [0.2, 0.25) is 0 Å². The molecule has 0 spiro atoms. The van der Waals surface area contributed by atoms with Gasteiger partial charge >= 0.3 is 0 Å². The number of ether oxygens (including phenoxy) is 1. The monoisotopic (exact) mass is 407 g/mol. The minimum Gasteiger partial charge on any atom is -0.497 e. The number of carbonyl (C=O) groups is 1. The predicted molar refractivity (Wildman–Crippen MR) is 110 cm³/mol. The average molecular weight is 407 g/mol. The van der Waals surface area contributed by atoms with E-state index in [2.05, 4.69) is 9.97 Å². The Labute approximate surface area is 172 Å². The van der Waals surface area contributed by atoms with Crippen molar-refractivity contribution >= 4 is 16.8 Å². The van der Waals surface area contributed by atoms with Gasteiger partial charge in [-0.15, -0.1) is 0 Å². The second-order valence-electron chi connectivity index (χ2n) is 6.92. The SMILES string of the molecule is COc1ccc2c(c1)nc(C(F)F)n2-c1ccc(CC(=O)c2cnccc2C)cc1. The largest absolute Gasteiger partial charge is 0.497 e. The van der Waals surface area contributed by atoms with Crippen molar-refractivity contribution in [2.45, 2.75) is 19.8 Å². The zero-order valence-electron chi connectivity index (χ0n) is 16.5. The van der Waals surface area contributed by atoms with Crippen molar-refractivity contribution < 1.29 is 18.3 Å². The summed E-state index contributed by atoms with van der Waals surface area (Å²) in [4.78, 5) is 20.7. The van der Waals surface area contributed by atoms with Crippen LogP contribution in [0.25, 0.3) is 16.7 Å². The van der Waals surface area contributed by atoms with E-state index in [4.69, 9.17) is 4.74 Å². The van der Waals surface area contributed by atoms with Gasteiger partial charge in [0, 0.05) is 36.1 Å². The van der Waals surface area contributed by atoms with Crippen molar-refractivity contribution in [3.63, 3.8) is 0 Å². The number of hydrogen-bond acceptors (Lipinski definition) is 4. The molecule has 30 heavy (non-hydrogen) atoms. The molecule has 4 aromatic rings. The summed E-state index contributed by atoms with van der Waals surface area (Å²) in [6.45, 7) is 1.86. The summed E-state index contributed by atoms with van der Waals surface area (Å²) >= 11 is 0. The molecule has 0 unspecified atom stereocenters. The number of aromatic nitrogens is 3. The molecule has 2 aromatic carbocycles. The van der Waals surface area contributed by atoms with Crippen molar-refractivity contribution in [1.29, 1.82) is 0 Å². The van der Waals surface area contributed by atoms with E-state index in [1.807, 2.05) is 6.92 Å². The number of methoxy groups -OCH3 is 1. The molecule has 0 saturated heterocycles. The molecule has 0 saturated carbocycles. The van der Waals surface area contributed by atoms with Gasteiger partial charge in [0.25, 0.3) is 6.43 Å². The summed E-state index contributed by atoms with van der Waals surface area (Å²) in [5, 5.41) is 0. The lowest BCUT2D eigenvalue weighted by Crippen LogP contribution is -2.07. The molecule has 2 aromatic heterocycles. The van der Waals surface area contributed by atoms with Gasteiger partial charge in [-0.1, -0.05) is 12.1 Å². The van der Waals surface area contributed by atoms with Crippen LogP contribution >= 0.6 is 0 Å². The van der Waals surface area contributed by atoms with E-state index in [1.54, 1.807) is 60.9 Å². The van der Waals surface area contributed by atoms with Crippen molar-refractivity contribution in [2.24, 2.45) is 0 Å². The normalized spacial score (nSPS) is 11.2. The predicted octanol–water partition coefficient (Wildman–Crippen LogP) is 5.10. The van der Waals surface area contributed by atoms with Gasteiger partial charge < -0.3 is 4.74 Å². The van der Waals surface area contributed by atoms with Gasteiger partial charge in [0.1, 0.15) is 5.75 Å². The summed E-state index contributed by atoms with van der Waals surface area (Å²) in [6.07, 6.45) is 0.675. The molecule has 152 valence electrons. The van der Waals surface area contributed by atoms with E-state index < -0.39 is 6.43 Å². The van der Waals surface area contributed by atoms with Crippen LogP contribution in [0.15, 0.2) is 60.9 Å². The van der Waals surface area contributed by atoms with Gasteiger partial charge in [-0.05, 0) is 48.4 Å². The smallest absolute Gasteiger partial charge is 0.295 e. The number of hydrogen-bond donors (Lipinski definition) is 0. The first-order valence-electron chi connectivity index (χ1n) is 9.35. The van der Waals surface area contributed by atoms with Crippen LogP contribution in [-0.4, -0.2) is 27.4 Å². The van der Waals surface area contributed by atoms with E-state index in [0.717, 1.165) is 11.1 Å². The van der Waals surface area contributed by atoms with Crippen LogP contribution < -0.4 is 4.74 Å². The fourth-order valence-corrected chi connectivity index (χ4v) is 3.42. The number of nitrogens with zero attached hydrogens (tertiary/aromatic N) is 3. The lowest BCUT2D eigenvalue weighted by atomic mass is 10.0. The fourth-order valence-electron chi connectivity index (χ4n) is 3.42. The molecule has 0 aliphatic carbocycles. The third-order valence-electron chi connectivity index (χ3n) is 4.98. The van der Waals surface area contributed by atoms with Gasteiger partial charge in [0.15, 0.2) is 11.6 Å². The highest BCUT2D eigenvalue weighted by Crippen LogP contribution is 2.30. The Morgan fingerprint density at radius 2 is 1.90 bits per heavy atom. The van der Waals surface area contributed by atoms with Gasteiger partial charge in [0.2, 0.25) is 0 Å². The highest BCUT2D eigenvalue weighted by Gasteiger charge is 2.20. The second-order valence-corrected chi connectivity index (χ2v) is 6.92. The Morgan fingerprint density at radius 3 is 2.57 bits per heavy atom. The van der Waals surface area contributed by atoms with Gasteiger partial charge in [-0.2, -0.15) is 0 Å². The minimum absolute atomic E-state index is 0.0400. The van der Waals surface area contributed by atoms with Crippen LogP contribution in [-0.2, 0) is 6.42 Å². The summed E-state index contributed by atoms with van der Waals surface area (Å²) in [7, 11) is 1.51. The molecule has 0 atom stereocenters. The zero-order chi connectivity index (χ0) is 21.3. The van der Waals surface area contributed by atoms with Crippen molar-refractivity contribution in [1.82, 2.24) is 14.5 Å². The number of alkyl halides is 2. The molecule has 0 bridgehead atoms. The van der Waals surface area contributed by atoms with E-state index >= 15 is 0 Å². The quantitative estimate of drug-likeness (QED) is 0.417. The molecule has 0 N–H and O–H groups in total. The molecule has 0 radical (unpaired) electrons. The van der Waals surface area contributed by atoms with E-state index in [9.17, 15) is 13.6 Å². The maximum atomic E-state index is 13.6. The number of halogens is 2. The highest BCUT2D eigenvalue weighted by molar-refractivity contribution is 5.98. The van der Waals surface area contributed by atoms with Gasteiger partial charge in [-0.3, -0.25) is 14.3 Å². The number of imidazole rings is 1. The molecule has 5 nitrogen and oxygen atoms in total. The number of ketones is 1. The van der Waals surface area contributed by atoms with Crippen LogP contribution in [0.1, 0.15) is 33.7 Å². The first-order chi connectivity index (χ1) is 14.5. The van der Waals surface area contributed by atoms with Crippen molar-refractivity contribution in [2.75, 3.05) is 7.11 Å². The van der Waals surface area contributed by atoms with Crippen molar-refractivity contribution in [3.05, 3.63) is 83.4 Å². The molecule has 0 amide bonds. The third-order valence-corrected chi connectivity index (χ3v) is 4.98. The summed E-state index contributed by atoms with van der Waals surface area (Å²) in [5.74, 6) is 0.169. The Hall–Kier alpha value is -3.61. The van der Waals surface area contributed by atoms with E-state index in [-0.39, 0.29) is 18.0 Å². The maximum Gasteiger partial charge on any atom is 0.295 e. The van der Waals surface area contributed by atoms with Gasteiger partial charge in [-0.25, -0.2) is 13.8 Å². The summed E-state index contributed by atoms with van der Waals surface area (Å²) in [6, 6.07) is 13.8. The zero-order valence-corrected chi connectivity index (χ0v) is 16.5. The third kappa shape index (κ3) is 3.66. The molecular formula is C23H19F2N3O2. The lowest BCUT2D eigenvalue weighted by Gasteiger charge is -2.10. The van der Waals surface area contributed by atoms with Crippen LogP contribution in [0, 0.1) is 6.92 Å².